The minimum absolute atomic E-state index is 0.425. The van der Waals surface area contributed by atoms with E-state index in [-0.39, 0.29) is 0 Å². The summed E-state index contributed by atoms with van der Waals surface area (Å²) in [6, 6.07) is 70.3. The Balaban J connectivity index is 1.03. The monoisotopic (exact) mass is 878 g/mol. The van der Waals surface area contributed by atoms with Gasteiger partial charge in [0, 0.05) is 73.0 Å². The number of aromatic nitrogens is 1. The minimum atomic E-state index is -0.425. The molecule has 0 spiro atoms. The van der Waals surface area contributed by atoms with Crippen LogP contribution in [0.25, 0.3) is 111 Å². The van der Waals surface area contributed by atoms with Gasteiger partial charge in [-0.15, -0.1) is 22.7 Å². The molecule has 1 unspecified atom stereocenters. The number of hydrogen-bond acceptors (Lipinski definition) is 6. The van der Waals surface area contributed by atoms with Crippen molar-refractivity contribution in [3.63, 3.8) is 0 Å². The summed E-state index contributed by atoms with van der Waals surface area (Å²) in [6.07, 6.45) is -0.425. The van der Waals surface area contributed by atoms with E-state index in [9.17, 15) is 0 Å². The number of nitrogens with zero attached hydrogens (tertiary/aromatic N) is 3. The van der Waals surface area contributed by atoms with E-state index < -0.39 is 6.17 Å². The van der Waals surface area contributed by atoms with Gasteiger partial charge in [0.1, 0.15) is 23.3 Å². The maximum Gasteiger partial charge on any atom is 0.161 e. The second-order valence-corrected chi connectivity index (χ2v) is 19.5. The Morgan fingerprint density at radius 3 is 1.68 bits per heavy atom. The number of hydrogen-bond donors (Lipinski definition) is 1. The average Bonchev–Trinajstić information content (AvgIpc) is 4.13. The Bertz CT molecular complexity index is 4370. The highest BCUT2D eigenvalue weighted by molar-refractivity contribution is 7.26. The van der Waals surface area contributed by atoms with Crippen LogP contribution in [-0.2, 0) is 0 Å². The second kappa shape index (κ2) is 13.7. The molecular formula is C59H34N4OS2. The number of benzene rings is 10. The molecule has 0 saturated carbocycles. The Labute approximate surface area is 384 Å². The van der Waals surface area contributed by atoms with Crippen molar-refractivity contribution in [3.05, 3.63) is 211 Å². The van der Waals surface area contributed by atoms with Gasteiger partial charge in [0.25, 0.3) is 0 Å². The lowest BCUT2D eigenvalue weighted by molar-refractivity contribution is 0.665. The number of fused-ring (bicyclic) bond motifs is 14. The summed E-state index contributed by atoms with van der Waals surface area (Å²) >= 11 is 3.64. The van der Waals surface area contributed by atoms with E-state index in [1.165, 1.54) is 72.7 Å². The predicted octanol–water partition coefficient (Wildman–Crippen LogP) is 16.2. The Morgan fingerprint density at radius 2 is 1.00 bits per heavy atom. The number of thiophene rings is 2. The highest BCUT2D eigenvalue weighted by atomic mass is 32.1. The number of amidine groups is 2. The summed E-state index contributed by atoms with van der Waals surface area (Å²) in [5.74, 6) is 1.41. The lowest BCUT2D eigenvalue weighted by Gasteiger charge is -2.25. The van der Waals surface area contributed by atoms with Gasteiger partial charge in [-0.2, -0.15) is 0 Å². The third-order valence-corrected chi connectivity index (χ3v) is 15.9. The van der Waals surface area contributed by atoms with E-state index in [0.717, 1.165) is 61.2 Å². The first kappa shape index (κ1) is 36.3. The maximum atomic E-state index is 7.05. The van der Waals surface area contributed by atoms with Gasteiger partial charge in [0.15, 0.2) is 11.4 Å². The van der Waals surface area contributed by atoms with Crippen molar-refractivity contribution in [1.29, 1.82) is 0 Å². The van der Waals surface area contributed by atoms with E-state index in [0.29, 0.717) is 5.84 Å². The molecule has 66 heavy (non-hydrogen) atoms. The maximum absolute atomic E-state index is 7.05. The van der Waals surface area contributed by atoms with Crippen molar-refractivity contribution in [2.45, 2.75) is 6.17 Å². The molecule has 0 aliphatic carbocycles. The van der Waals surface area contributed by atoms with Crippen LogP contribution in [0.1, 0.15) is 22.9 Å². The van der Waals surface area contributed by atoms with Crippen LogP contribution in [0.4, 0.5) is 0 Å². The van der Waals surface area contributed by atoms with Crippen LogP contribution < -0.4 is 5.32 Å². The third kappa shape index (κ3) is 5.32. The molecule has 1 N–H and O–H groups in total. The molecule has 10 aromatic carbocycles. The predicted molar refractivity (Wildman–Crippen MR) is 281 cm³/mol. The van der Waals surface area contributed by atoms with E-state index >= 15 is 0 Å². The molecule has 14 aromatic rings. The highest BCUT2D eigenvalue weighted by Crippen LogP contribution is 2.44. The Morgan fingerprint density at radius 1 is 0.455 bits per heavy atom. The topological polar surface area (TPSA) is 54.8 Å². The minimum Gasteiger partial charge on any atom is -0.454 e. The van der Waals surface area contributed by atoms with Gasteiger partial charge < -0.3 is 14.3 Å². The molecule has 1 aliphatic rings. The average molecular weight is 879 g/mol. The summed E-state index contributed by atoms with van der Waals surface area (Å²) in [5, 5.41) is 18.1. The first-order valence-electron chi connectivity index (χ1n) is 22.2. The van der Waals surface area contributed by atoms with Gasteiger partial charge in [0.05, 0.1) is 11.0 Å². The molecule has 0 bridgehead atoms. The van der Waals surface area contributed by atoms with E-state index in [1.807, 2.05) is 28.7 Å². The van der Waals surface area contributed by atoms with Crippen LogP contribution in [0.2, 0.25) is 0 Å². The van der Waals surface area contributed by atoms with Crippen molar-refractivity contribution in [2.24, 2.45) is 9.98 Å². The number of aliphatic imine (C=N–C) groups is 2. The van der Waals surface area contributed by atoms with Crippen LogP contribution in [0.3, 0.4) is 0 Å². The zero-order valence-corrected chi connectivity index (χ0v) is 36.8. The van der Waals surface area contributed by atoms with Crippen LogP contribution in [0.15, 0.2) is 209 Å². The first-order valence-corrected chi connectivity index (χ1v) is 23.9. The molecule has 7 heteroatoms. The van der Waals surface area contributed by atoms with Crippen molar-refractivity contribution in [3.8, 4) is 5.69 Å². The van der Waals surface area contributed by atoms with Crippen molar-refractivity contribution in [2.75, 3.05) is 0 Å². The SMILES string of the molecule is c1ccc2cc3c(cc2c1)c1cc2ccccc2cc1n3-c1c(C2=NC(c3ccc4c(c3)sc3ccccc34)NC(c3ccc4c(c3)sc3ccccc34)=N2)ccc2c1oc1ccccc12. The summed E-state index contributed by atoms with van der Waals surface area (Å²) in [4.78, 5) is 11.2. The Kier molecular flexibility index (Phi) is 7.53. The van der Waals surface area contributed by atoms with Crippen molar-refractivity contribution < 1.29 is 4.42 Å². The largest absolute Gasteiger partial charge is 0.454 e. The number of para-hydroxylation sites is 1. The van der Waals surface area contributed by atoms with Gasteiger partial charge in [-0.1, -0.05) is 127 Å². The normalized spacial score (nSPS) is 14.5. The molecule has 1 atom stereocenters. The van der Waals surface area contributed by atoms with Crippen LogP contribution in [0.5, 0.6) is 0 Å². The highest BCUT2D eigenvalue weighted by Gasteiger charge is 2.28. The molecule has 308 valence electrons. The van der Waals surface area contributed by atoms with Crippen LogP contribution >= 0.6 is 22.7 Å². The molecule has 4 aromatic heterocycles. The molecule has 0 amide bonds. The zero-order chi connectivity index (χ0) is 43.0. The second-order valence-electron chi connectivity index (χ2n) is 17.3. The number of nitrogens with one attached hydrogen (secondary N) is 1. The Hall–Kier alpha value is -8.10. The van der Waals surface area contributed by atoms with Gasteiger partial charge in [-0.25, -0.2) is 9.98 Å². The van der Waals surface area contributed by atoms with Crippen LogP contribution in [0, 0.1) is 0 Å². The fourth-order valence-electron chi connectivity index (χ4n) is 10.5. The molecule has 0 saturated heterocycles. The zero-order valence-electron chi connectivity index (χ0n) is 35.1. The lowest BCUT2D eigenvalue weighted by atomic mass is 10.0. The number of furan rings is 1. The van der Waals surface area contributed by atoms with E-state index in [2.05, 4.69) is 198 Å². The summed E-state index contributed by atoms with van der Waals surface area (Å²) in [6.45, 7) is 0. The molecular weight excluding hydrogens is 845 g/mol. The smallest absolute Gasteiger partial charge is 0.161 e. The van der Waals surface area contributed by atoms with E-state index in [4.69, 9.17) is 14.4 Å². The molecule has 5 heterocycles. The molecule has 0 radical (unpaired) electrons. The fourth-order valence-corrected chi connectivity index (χ4v) is 12.8. The standard InChI is InChI=1S/C59H34N4OS2/c1-3-13-35-29-48-46(27-33(35)11-1)47-28-34-12-2-4-14-36(34)30-49(47)63(48)55-45(26-25-44-39-15-5-8-18-50(39)64-56(44)55)59-61-57(37-21-23-42-40-16-6-9-19-51(40)65-53(42)31-37)60-58(62-59)38-22-24-43-41-17-7-10-20-52(41)66-54(43)32-38/h1-32,57H,(H,60,61,62). The van der Waals surface area contributed by atoms with E-state index in [1.54, 1.807) is 0 Å². The quantitative estimate of drug-likeness (QED) is 0.191. The summed E-state index contributed by atoms with van der Waals surface area (Å²) in [5.41, 5.74) is 7.70. The molecule has 5 nitrogen and oxygen atoms in total. The molecule has 15 rings (SSSR count). The first-order chi connectivity index (χ1) is 32.7. The van der Waals surface area contributed by atoms with Gasteiger partial charge in [0.2, 0.25) is 0 Å². The van der Waals surface area contributed by atoms with Crippen molar-refractivity contribution >= 4 is 140 Å². The fraction of sp³-hybridized carbons (Fsp3) is 0.0169. The summed E-state index contributed by atoms with van der Waals surface area (Å²) in [7, 11) is 0. The van der Waals surface area contributed by atoms with Gasteiger partial charge >= 0.3 is 0 Å². The third-order valence-electron chi connectivity index (χ3n) is 13.6. The lowest BCUT2D eigenvalue weighted by Crippen LogP contribution is -2.33. The number of rotatable bonds is 4. The van der Waals surface area contributed by atoms with Gasteiger partial charge in [-0.05, 0) is 93.8 Å². The molecule has 1 aliphatic heterocycles. The molecule has 0 fully saturated rings. The summed E-state index contributed by atoms with van der Waals surface area (Å²) < 4.78 is 14.5. The van der Waals surface area contributed by atoms with Crippen molar-refractivity contribution in [1.82, 2.24) is 9.88 Å². The van der Waals surface area contributed by atoms with Gasteiger partial charge in [-0.3, -0.25) is 0 Å². The van der Waals surface area contributed by atoms with Crippen LogP contribution in [-0.4, -0.2) is 16.2 Å².